The number of benzene rings is 9. The van der Waals surface area contributed by atoms with Crippen LogP contribution in [0.2, 0.25) is 0 Å². The van der Waals surface area contributed by atoms with Gasteiger partial charge in [0, 0.05) is 44.2 Å². The van der Waals surface area contributed by atoms with Crippen LogP contribution in [-0.2, 0) is 0 Å². The van der Waals surface area contributed by atoms with Crippen LogP contribution in [0.15, 0.2) is 211 Å². The van der Waals surface area contributed by atoms with Crippen LogP contribution in [-0.4, -0.2) is 4.57 Å². The van der Waals surface area contributed by atoms with E-state index in [-0.39, 0.29) is 0 Å². The zero-order valence-corrected chi connectivity index (χ0v) is 29.9. The summed E-state index contributed by atoms with van der Waals surface area (Å²) < 4.78 is 8.58. The Balaban J connectivity index is 1.06. The summed E-state index contributed by atoms with van der Waals surface area (Å²) in [6.07, 6.45) is 0. The molecule has 2 aromatic heterocycles. The van der Waals surface area contributed by atoms with Gasteiger partial charge in [0.2, 0.25) is 0 Å². The Hall–Kier alpha value is -7.36. The smallest absolute Gasteiger partial charge is 0.135 e. The Kier molecular flexibility index (Phi) is 7.17. The van der Waals surface area contributed by atoms with E-state index >= 15 is 0 Å². The lowest BCUT2D eigenvalue weighted by Crippen LogP contribution is -2.11. The lowest BCUT2D eigenvalue weighted by atomic mass is 9.99. The molecule has 2 heterocycles. The summed E-state index contributed by atoms with van der Waals surface area (Å²) in [4.78, 5) is 2.38. The topological polar surface area (TPSA) is 21.3 Å². The molecule has 55 heavy (non-hydrogen) atoms. The van der Waals surface area contributed by atoms with E-state index < -0.39 is 0 Å². The van der Waals surface area contributed by atoms with Gasteiger partial charge in [-0.1, -0.05) is 127 Å². The molecule has 0 fully saturated rings. The molecule has 0 unspecified atom stereocenters. The Bertz CT molecular complexity index is 3150. The zero-order chi connectivity index (χ0) is 36.3. The molecular formula is C52H34N2O. The van der Waals surface area contributed by atoms with Crippen molar-refractivity contribution < 1.29 is 4.42 Å². The molecule has 0 amide bonds. The summed E-state index contributed by atoms with van der Waals surface area (Å²) in [7, 11) is 0. The maximum atomic E-state index is 6.21. The quantitative estimate of drug-likeness (QED) is 0.172. The monoisotopic (exact) mass is 702 g/mol. The lowest BCUT2D eigenvalue weighted by Gasteiger charge is -2.28. The number of furan rings is 1. The molecule has 0 bridgehead atoms. The molecule has 0 atom stereocenters. The van der Waals surface area contributed by atoms with Gasteiger partial charge < -0.3 is 13.9 Å². The van der Waals surface area contributed by atoms with Crippen molar-refractivity contribution in [3.8, 4) is 27.9 Å². The average Bonchev–Trinajstić information content (AvgIpc) is 3.80. The van der Waals surface area contributed by atoms with E-state index in [1.165, 1.54) is 43.7 Å². The highest BCUT2D eigenvalue weighted by Gasteiger charge is 2.19. The molecule has 3 heteroatoms. The van der Waals surface area contributed by atoms with Crippen LogP contribution in [0.25, 0.3) is 82.5 Å². The van der Waals surface area contributed by atoms with Crippen molar-refractivity contribution in [3.05, 3.63) is 206 Å². The lowest BCUT2D eigenvalue weighted by molar-refractivity contribution is 0.669. The number of aromatic nitrogens is 1. The van der Waals surface area contributed by atoms with Crippen molar-refractivity contribution in [2.45, 2.75) is 0 Å². The van der Waals surface area contributed by atoms with Gasteiger partial charge in [-0.05, 0) is 106 Å². The normalized spacial score (nSPS) is 11.6. The second kappa shape index (κ2) is 12.6. The van der Waals surface area contributed by atoms with Crippen LogP contribution in [0, 0.1) is 0 Å². The molecule has 11 aromatic rings. The summed E-state index contributed by atoms with van der Waals surface area (Å²) in [5, 5.41) is 7.24. The maximum absolute atomic E-state index is 6.21. The van der Waals surface area contributed by atoms with Crippen molar-refractivity contribution in [1.29, 1.82) is 0 Å². The van der Waals surface area contributed by atoms with Gasteiger partial charge >= 0.3 is 0 Å². The van der Waals surface area contributed by atoms with Crippen LogP contribution in [0.3, 0.4) is 0 Å². The fourth-order valence-corrected chi connectivity index (χ4v) is 8.36. The third-order valence-corrected chi connectivity index (χ3v) is 11.0. The average molecular weight is 703 g/mol. The molecule has 0 saturated heterocycles. The Morgan fingerprint density at radius 2 is 0.927 bits per heavy atom. The minimum Gasteiger partial charge on any atom is -0.456 e. The van der Waals surface area contributed by atoms with Crippen molar-refractivity contribution in [3.63, 3.8) is 0 Å². The van der Waals surface area contributed by atoms with E-state index in [1.807, 2.05) is 12.1 Å². The van der Waals surface area contributed by atoms with Gasteiger partial charge in [0.25, 0.3) is 0 Å². The van der Waals surface area contributed by atoms with Crippen LogP contribution < -0.4 is 4.90 Å². The molecule has 258 valence electrons. The number of nitrogens with zero attached hydrogens (tertiary/aromatic N) is 2. The number of rotatable bonds is 6. The number of hydrogen-bond acceptors (Lipinski definition) is 2. The van der Waals surface area contributed by atoms with Gasteiger partial charge in [0.05, 0.1) is 16.7 Å². The van der Waals surface area contributed by atoms with Gasteiger partial charge in [0.1, 0.15) is 11.2 Å². The van der Waals surface area contributed by atoms with Crippen LogP contribution in [0.1, 0.15) is 0 Å². The minimum atomic E-state index is 0.893. The second-order valence-electron chi connectivity index (χ2n) is 14.2. The van der Waals surface area contributed by atoms with Crippen LogP contribution in [0.5, 0.6) is 0 Å². The first-order valence-electron chi connectivity index (χ1n) is 18.8. The highest BCUT2D eigenvalue weighted by molar-refractivity contribution is 6.09. The largest absolute Gasteiger partial charge is 0.456 e. The molecule has 9 aromatic carbocycles. The second-order valence-corrected chi connectivity index (χ2v) is 14.2. The number of anilines is 3. The van der Waals surface area contributed by atoms with Crippen molar-refractivity contribution in [2.75, 3.05) is 4.90 Å². The fraction of sp³-hybridized carbons (Fsp3) is 0. The maximum Gasteiger partial charge on any atom is 0.135 e. The molecule has 3 nitrogen and oxygen atoms in total. The summed E-state index contributed by atoms with van der Waals surface area (Å²) in [6.45, 7) is 0. The van der Waals surface area contributed by atoms with Gasteiger partial charge in [0.15, 0.2) is 0 Å². The van der Waals surface area contributed by atoms with Crippen molar-refractivity contribution in [1.82, 2.24) is 4.57 Å². The number of fused-ring (bicyclic) bond motifs is 7. The van der Waals surface area contributed by atoms with Gasteiger partial charge in [-0.2, -0.15) is 0 Å². The van der Waals surface area contributed by atoms with Crippen LogP contribution in [0.4, 0.5) is 17.1 Å². The van der Waals surface area contributed by atoms with Gasteiger partial charge in [-0.25, -0.2) is 0 Å². The van der Waals surface area contributed by atoms with E-state index in [4.69, 9.17) is 4.42 Å². The minimum absolute atomic E-state index is 0.893. The molecule has 0 radical (unpaired) electrons. The predicted octanol–water partition coefficient (Wildman–Crippen LogP) is 14.6. The Morgan fingerprint density at radius 3 is 1.69 bits per heavy atom. The van der Waals surface area contributed by atoms with Crippen molar-refractivity contribution >= 4 is 71.6 Å². The van der Waals surface area contributed by atoms with Gasteiger partial charge in [-0.15, -0.1) is 0 Å². The third-order valence-electron chi connectivity index (χ3n) is 11.0. The fourth-order valence-electron chi connectivity index (χ4n) is 8.36. The van der Waals surface area contributed by atoms with Crippen molar-refractivity contribution in [2.24, 2.45) is 0 Å². The van der Waals surface area contributed by atoms with E-state index in [0.717, 1.165) is 55.8 Å². The summed E-state index contributed by atoms with van der Waals surface area (Å²) in [5.74, 6) is 0. The summed E-state index contributed by atoms with van der Waals surface area (Å²) in [5.41, 5.74) is 13.2. The molecular weight excluding hydrogens is 669 g/mol. The SMILES string of the molecule is c1ccc(N(c2ccc(-c3ccc4ccccc4c3)cc2)c2ccc(-n3c4ccccc4c4ccccc43)cc2)c(-c2ccc3oc4ccccc4c3c2)c1. The Labute approximate surface area is 318 Å². The van der Waals surface area contributed by atoms with Crippen LogP contribution >= 0.6 is 0 Å². The molecule has 0 N–H and O–H groups in total. The predicted molar refractivity (Wildman–Crippen MR) is 231 cm³/mol. The van der Waals surface area contributed by atoms with E-state index in [2.05, 4.69) is 204 Å². The number of hydrogen-bond donors (Lipinski definition) is 0. The van der Waals surface area contributed by atoms with E-state index in [1.54, 1.807) is 0 Å². The standard InChI is InChI=1S/C52H34N2O/c1-2-12-37-33-38(22-21-35(37)11-1)36-23-26-40(27-24-36)53(41-28-30-42(31-29-41)54-49-18-8-4-14-44(49)45-15-5-9-19-50(45)54)48-17-7-3-13-43(48)39-25-32-52-47(34-39)46-16-6-10-20-51(46)55-52/h1-34H. The summed E-state index contributed by atoms with van der Waals surface area (Å²) >= 11 is 0. The van der Waals surface area contributed by atoms with E-state index in [9.17, 15) is 0 Å². The molecule has 11 rings (SSSR count). The van der Waals surface area contributed by atoms with E-state index in [0.29, 0.717) is 0 Å². The highest BCUT2D eigenvalue weighted by atomic mass is 16.3. The molecule has 0 aliphatic carbocycles. The Morgan fingerprint density at radius 1 is 0.364 bits per heavy atom. The molecule has 0 spiro atoms. The molecule has 0 aliphatic heterocycles. The highest BCUT2D eigenvalue weighted by Crippen LogP contribution is 2.43. The first-order valence-corrected chi connectivity index (χ1v) is 18.8. The number of para-hydroxylation sites is 4. The third kappa shape index (κ3) is 5.20. The first-order chi connectivity index (χ1) is 27.3. The molecule has 0 saturated carbocycles. The molecule has 0 aliphatic rings. The first kappa shape index (κ1) is 31.2. The summed E-state index contributed by atoms with van der Waals surface area (Å²) in [6, 6.07) is 74.1. The van der Waals surface area contributed by atoms with Gasteiger partial charge in [-0.3, -0.25) is 0 Å². The zero-order valence-electron chi connectivity index (χ0n) is 29.9.